The molecule has 0 aliphatic rings. The molecule has 6 heteroatoms. The highest BCUT2D eigenvalue weighted by molar-refractivity contribution is 5.80. The van der Waals surface area contributed by atoms with Crippen LogP contribution in [0.2, 0.25) is 0 Å². The van der Waals surface area contributed by atoms with Crippen molar-refractivity contribution in [3.8, 4) is 0 Å². The standard InChI is InChI=1S/C15H16FN3O2/c1-3-17-13-5-4-6-14(15(13)19(20)21)18-12-8-7-11(16)9-10(12)2/h4-9,17-18H,3H2,1-2H3. The molecule has 2 rings (SSSR count). The van der Waals surface area contributed by atoms with Crippen LogP contribution < -0.4 is 10.6 Å². The largest absolute Gasteiger partial charge is 0.380 e. The van der Waals surface area contributed by atoms with Gasteiger partial charge in [0.25, 0.3) is 0 Å². The summed E-state index contributed by atoms with van der Waals surface area (Å²) < 4.78 is 13.1. The number of hydrogen-bond donors (Lipinski definition) is 2. The molecule has 0 atom stereocenters. The molecule has 5 nitrogen and oxygen atoms in total. The number of halogens is 1. The Labute approximate surface area is 122 Å². The van der Waals surface area contributed by atoms with Gasteiger partial charge in [-0.1, -0.05) is 6.07 Å². The first kappa shape index (κ1) is 14.8. The van der Waals surface area contributed by atoms with Crippen molar-refractivity contribution in [3.05, 3.63) is 57.9 Å². The molecule has 110 valence electrons. The van der Waals surface area contributed by atoms with Gasteiger partial charge in [0.2, 0.25) is 0 Å². The number of nitro benzene ring substituents is 1. The number of anilines is 3. The second-order valence-corrected chi connectivity index (χ2v) is 4.57. The maximum Gasteiger partial charge on any atom is 0.315 e. The molecule has 0 bridgehead atoms. The number of hydrogen-bond acceptors (Lipinski definition) is 4. The Bertz CT molecular complexity index is 674. The van der Waals surface area contributed by atoms with Crippen molar-refractivity contribution >= 4 is 22.7 Å². The number of nitrogens with one attached hydrogen (secondary N) is 2. The first-order valence-corrected chi connectivity index (χ1v) is 6.57. The molecular weight excluding hydrogens is 273 g/mol. The lowest BCUT2D eigenvalue weighted by Crippen LogP contribution is -2.04. The first-order valence-electron chi connectivity index (χ1n) is 6.57. The third kappa shape index (κ3) is 3.28. The average molecular weight is 289 g/mol. The number of aryl methyl sites for hydroxylation is 1. The van der Waals surface area contributed by atoms with E-state index in [-0.39, 0.29) is 11.5 Å². The number of rotatable bonds is 5. The molecule has 0 fully saturated rings. The van der Waals surface area contributed by atoms with Gasteiger partial charge in [-0.05, 0) is 49.7 Å². The number of nitrogens with zero attached hydrogens (tertiary/aromatic N) is 1. The van der Waals surface area contributed by atoms with Gasteiger partial charge < -0.3 is 10.6 Å². The summed E-state index contributed by atoms with van der Waals surface area (Å²) >= 11 is 0. The molecule has 2 aromatic carbocycles. The van der Waals surface area contributed by atoms with Crippen LogP contribution >= 0.6 is 0 Å². The minimum Gasteiger partial charge on any atom is -0.380 e. The highest BCUT2D eigenvalue weighted by Crippen LogP contribution is 2.35. The predicted octanol–water partition coefficient (Wildman–Crippen LogP) is 4.22. The second kappa shape index (κ2) is 6.21. The summed E-state index contributed by atoms with van der Waals surface area (Å²) in [5.74, 6) is -0.339. The smallest absolute Gasteiger partial charge is 0.315 e. The fourth-order valence-electron chi connectivity index (χ4n) is 2.09. The molecule has 0 saturated heterocycles. The maximum atomic E-state index is 13.1. The Morgan fingerprint density at radius 1 is 1.19 bits per heavy atom. The lowest BCUT2D eigenvalue weighted by Gasteiger charge is -2.12. The van der Waals surface area contributed by atoms with Gasteiger partial charge in [0.1, 0.15) is 17.2 Å². The Hall–Kier alpha value is -2.63. The van der Waals surface area contributed by atoms with Crippen LogP contribution in [0, 0.1) is 22.9 Å². The fourth-order valence-corrected chi connectivity index (χ4v) is 2.09. The zero-order valence-corrected chi connectivity index (χ0v) is 11.8. The lowest BCUT2D eigenvalue weighted by atomic mass is 10.1. The summed E-state index contributed by atoms with van der Waals surface area (Å²) in [6.07, 6.45) is 0. The van der Waals surface area contributed by atoms with E-state index in [4.69, 9.17) is 0 Å². The summed E-state index contributed by atoms with van der Waals surface area (Å²) in [6.45, 7) is 4.19. The van der Waals surface area contributed by atoms with Crippen molar-refractivity contribution in [3.63, 3.8) is 0 Å². The minimum absolute atomic E-state index is 0.0249. The molecule has 0 unspecified atom stereocenters. The van der Waals surface area contributed by atoms with Crippen molar-refractivity contribution in [2.24, 2.45) is 0 Å². The lowest BCUT2D eigenvalue weighted by molar-refractivity contribution is -0.383. The van der Waals surface area contributed by atoms with Crippen LogP contribution in [0.25, 0.3) is 0 Å². The molecule has 0 aliphatic carbocycles. The molecule has 0 radical (unpaired) electrons. The third-order valence-electron chi connectivity index (χ3n) is 3.04. The van der Waals surface area contributed by atoms with Crippen LogP contribution in [0.5, 0.6) is 0 Å². The summed E-state index contributed by atoms with van der Waals surface area (Å²) in [4.78, 5) is 10.9. The molecule has 2 aromatic rings. The van der Waals surface area contributed by atoms with Crippen molar-refractivity contribution in [2.45, 2.75) is 13.8 Å². The second-order valence-electron chi connectivity index (χ2n) is 4.57. The van der Waals surface area contributed by atoms with Gasteiger partial charge in [-0.2, -0.15) is 0 Å². The van der Waals surface area contributed by atoms with E-state index >= 15 is 0 Å². The van der Waals surface area contributed by atoms with Crippen LogP contribution in [0.3, 0.4) is 0 Å². The molecule has 0 saturated carbocycles. The Balaban J connectivity index is 2.43. The van der Waals surface area contributed by atoms with E-state index in [0.29, 0.717) is 29.2 Å². The Morgan fingerprint density at radius 2 is 1.90 bits per heavy atom. The van der Waals surface area contributed by atoms with Gasteiger partial charge in [0.15, 0.2) is 0 Å². The zero-order chi connectivity index (χ0) is 15.4. The Kier molecular flexibility index (Phi) is 4.37. The van der Waals surface area contributed by atoms with Crippen LogP contribution in [-0.2, 0) is 0 Å². The maximum absolute atomic E-state index is 13.1. The first-order chi connectivity index (χ1) is 10.0. The minimum atomic E-state index is -0.431. The summed E-state index contributed by atoms with van der Waals surface area (Å²) in [5, 5.41) is 17.3. The number of para-hydroxylation sites is 1. The van der Waals surface area contributed by atoms with E-state index in [9.17, 15) is 14.5 Å². The fraction of sp³-hybridized carbons (Fsp3) is 0.200. The third-order valence-corrected chi connectivity index (χ3v) is 3.04. The topological polar surface area (TPSA) is 67.2 Å². The molecule has 0 amide bonds. The van der Waals surface area contributed by atoms with E-state index in [1.807, 2.05) is 6.92 Å². The zero-order valence-electron chi connectivity index (χ0n) is 11.8. The van der Waals surface area contributed by atoms with Crippen molar-refractivity contribution in [1.82, 2.24) is 0 Å². The Morgan fingerprint density at radius 3 is 2.52 bits per heavy atom. The van der Waals surface area contributed by atoms with Crippen molar-refractivity contribution in [1.29, 1.82) is 0 Å². The monoisotopic (exact) mass is 289 g/mol. The van der Waals surface area contributed by atoms with Crippen LogP contribution in [-0.4, -0.2) is 11.5 Å². The van der Waals surface area contributed by atoms with Gasteiger partial charge in [-0.15, -0.1) is 0 Å². The molecular formula is C15H16FN3O2. The van der Waals surface area contributed by atoms with Gasteiger partial charge in [-0.25, -0.2) is 4.39 Å². The van der Waals surface area contributed by atoms with E-state index in [1.165, 1.54) is 12.1 Å². The predicted molar refractivity (Wildman–Crippen MR) is 81.7 cm³/mol. The summed E-state index contributed by atoms with van der Waals surface area (Å²) in [5.41, 5.74) is 2.11. The quantitative estimate of drug-likeness (QED) is 0.639. The average Bonchev–Trinajstić information content (AvgIpc) is 2.42. The van der Waals surface area contributed by atoms with Gasteiger partial charge >= 0.3 is 5.69 Å². The van der Waals surface area contributed by atoms with E-state index < -0.39 is 4.92 Å². The van der Waals surface area contributed by atoms with Gasteiger partial charge in [-0.3, -0.25) is 10.1 Å². The van der Waals surface area contributed by atoms with Crippen molar-refractivity contribution < 1.29 is 9.31 Å². The molecule has 0 spiro atoms. The molecule has 0 aliphatic heterocycles. The molecule has 2 N–H and O–H groups in total. The van der Waals surface area contributed by atoms with E-state index in [2.05, 4.69) is 10.6 Å². The van der Waals surface area contributed by atoms with Crippen LogP contribution in [0.4, 0.5) is 27.1 Å². The highest BCUT2D eigenvalue weighted by Gasteiger charge is 2.19. The molecule has 21 heavy (non-hydrogen) atoms. The summed E-state index contributed by atoms with van der Waals surface area (Å²) in [7, 11) is 0. The van der Waals surface area contributed by atoms with E-state index in [1.54, 1.807) is 31.2 Å². The molecule has 0 heterocycles. The SMILES string of the molecule is CCNc1cccc(Nc2ccc(F)cc2C)c1[N+](=O)[O-]. The number of benzene rings is 2. The van der Waals surface area contributed by atoms with Crippen LogP contribution in [0.15, 0.2) is 36.4 Å². The van der Waals surface area contributed by atoms with Gasteiger partial charge in [0, 0.05) is 12.2 Å². The van der Waals surface area contributed by atoms with E-state index in [0.717, 1.165) is 0 Å². The van der Waals surface area contributed by atoms with Gasteiger partial charge in [0.05, 0.1) is 4.92 Å². The highest BCUT2D eigenvalue weighted by atomic mass is 19.1. The summed E-state index contributed by atoms with van der Waals surface area (Å²) in [6, 6.07) is 9.27. The molecule has 0 aromatic heterocycles. The van der Waals surface area contributed by atoms with Crippen LogP contribution in [0.1, 0.15) is 12.5 Å². The number of nitro groups is 1. The van der Waals surface area contributed by atoms with Crippen molar-refractivity contribution in [2.75, 3.05) is 17.2 Å². The normalized spacial score (nSPS) is 10.2.